The molecule has 0 spiro atoms. The normalized spacial score (nSPS) is 45.0. The van der Waals surface area contributed by atoms with Crippen LogP contribution in [0.5, 0.6) is 0 Å². The van der Waals surface area contributed by atoms with Crippen molar-refractivity contribution >= 4 is 0 Å². The molecule has 1 heterocycles. The van der Waals surface area contributed by atoms with Gasteiger partial charge in [0.05, 0.1) is 6.17 Å². The van der Waals surface area contributed by atoms with Crippen molar-refractivity contribution in [3.63, 3.8) is 0 Å². The van der Waals surface area contributed by atoms with Crippen LogP contribution in [0.1, 0.15) is 32.6 Å². The molecule has 0 radical (unpaired) electrons. The molecule has 2 nitrogen and oxygen atoms in total. The van der Waals surface area contributed by atoms with E-state index in [1.165, 1.54) is 0 Å². The number of alkyl halides is 1. The molecule has 1 aliphatic heterocycles. The molecule has 2 N–H and O–H groups in total. The van der Waals surface area contributed by atoms with E-state index >= 15 is 0 Å². The minimum absolute atomic E-state index is 0.443. The lowest BCUT2D eigenvalue weighted by Gasteiger charge is -2.37. The Bertz CT molecular complexity index is 150. The summed E-state index contributed by atoms with van der Waals surface area (Å²) < 4.78 is 12.9. The Balaban J connectivity index is 1.78. The van der Waals surface area contributed by atoms with Crippen molar-refractivity contribution in [3.05, 3.63) is 0 Å². The Hall–Kier alpha value is -0.150. The first-order valence-electron chi connectivity index (χ1n) is 5.86. The van der Waals surface area contributed by atoms with Crippen molar-refractivity contribution in [2.45, 2.75) is 44.9 Å². The Morgan fingerprint density at radius 1 is 1.00 bits per heavy atom. The molecule has 1 aliphatic carbocycles. The number of nitrogens with one attached hydrogen (secondary N) is 2. The van der Waals surface area contributed by atoms with Crippen LogP contribution in [-0.2, 0) is 0 Å². The van der Waals surface area contributed by atoms with E-state index < -0.39 is 6.17 Å². The van der Waals surface area contributed by atoms with Gasteiger partial charge >= 0.3 is 0 Å². The molecule has 0 unspecified atom stereocenters. The molecule has 3 heteroatoms. The van der Waals surface area contributed by atoms with E-state index in [0.29, 0.717) is 12.1 Å². The second-order valence-corrected chi connectivity index (χ2v) is 4.91. The molecule has 2 aliphatic rings. The summed E-state index contributed by atoms with van der Waals surface area (Å²) in [6.45, 7) is 4.45. The lowest BCUT2D eigenvalue weighted by molar-refractivity contribution is 0.146. The van der Waals surface area contributed by atoms with Gasteiger partial charge in [0.2, 0.25) is 0 Å². The van der Waals surface area contributed by atoms with Gasteiger partial charge in [0.15, 0.2) is 0 Å². The molecule has 0 aromatic rings. The molecule has 1 saturated heterocycles. The Morgan fingerprint density at radius 3 is 2.14 bits per heavy atom. The fourth-order valence-electron chi connectivity index (χ4n) is 2.55. The predicted molar refractivity (Wildman–Crippen MR) is 55.8 cm³/mol. The molecular weight excluding hydrogens is 179 g/mol. The highest BCUT2D eigenvalue weighted by Crippen LogP contribution is 2.28. The van der Waals surface area contributed by atoms with Crippen LogP contribution in [0.25, 0.3) is 0 Å². The van der Waals surface area contributed by atoms with Crippen molar-refractivity contribution in [1.82, 2.24) is 10.6 Å². The fraction of sp³-hybridized carbons (Fsp3) is 1.00. The van der Waals surface area contributed by atoms with Gasteiger partial charge in [-0.3, -0.25) is 0 Å². The highest BCUT2D eigenvalue weighted by molar-refractivity contribution is 4.84. The molecule has 82 valence electrons. The lowest BCUT2D eigenvalue weighted by atomic mass is 9.85. The monoisotopic (exact) mass is 200 g/mol. The van der Waals surface area contributed by atoms with E-state index in [9.17, 15) is 4.39 Å². The van der Waals surface area contributed by atoms with Crippen LogP contribution in [0.2, 0.25) is 0 Å². The van der Waals surface area contributed by atoms with Crippen molar-refractivity contribution in [2.24, 2.45) is 11.8 Å². The minimum atomic E-state index is -0.534. The van der Waals surface area contributed by atoms with Crippen LogP contribution in [0.15, 0.2) is 0 Å². The van der Waals surface area contributed by atoms with E-state index in [1.54, 1.807) is 0 Å². The smallest absolute Gasteiger partial charge is 0.100 e. The number of hydrogen-bond donors (Lipinski definition) is 2. The maximum Gasteiger partial charge on any atom is 0.100 e. The van der Waals surface area contributed by atoms with Crippen LogP contribution in [0.3, 0.4) is 0 Å². The molecule has 0 bridgehead atoms. The molecule has 2 rings (SSSR count). The van der Waals surface area contributed by atoms with Crippen LogP contribution in [0.4, 0.5) is 4.39 Å². The molecule has 0 atom stereocenters. The third kappa shape index (κ3) is 2.45. The topological polar surface area (TPSA) is 24.1 Å². The quantitative estimate of drug-likeness (QED) is 0.673. The zero-order valence-electron chi connectivity index (χ0n) is 8.93. The summed E-state index contributed by atoms with van der Waals surface area (Å²) in [5, 5.41) is 7.04. The highest BCUT2D eigenvalue weighted by Gasteiger charge is 2.29. The molecule has 14 heavy (non-hydrogen) atoms. The summed E-state index contributed by atoms with van der Waals surface area (Å²) in [4.78, 5) is 0. The van der Waals surface area contributed by atoms with Crippen molar-refractivity contribution in [1.29, 1.82) is 0 Å². The van der Waals surface area contributed by atoms with Crippen molar-refractivity contribution < 1.29 is 4.39 Å². The van der Waals surface area contributed by atoms with E-state index in [-0.39, 0.29) is 0 Å². The molecular formula is C11H21FN2. The number of halogens is 1. The lowest BCUT2D eigenvalue weighted by Crippen LogP contribution is -2.56. The maximum atomic E-state index is 12.9. The number of rotatable bonds is 1. The summed E-state index contributed by atoms with van der Waals surface area (Å²) in [6, 6.07) is 0. The first-order chi connectivity index (χ1) is 6.75. The van der Waals surface area contributed by atoms with E-state index in [0.717, 1.165) is 44.7 Å². The Labute approximate surface area is 85.6 Å². The van der Waals surface area contributed by atoms with Crippen molar-refractivity contribution in [2.75, 3.05) is 13.1 Å². The van der Waals surface area contributed by atoms with E-state index in [4.69, 9.17) is 0 Å². The Kier molecular flexibility index (Phi) is 3.39. The molecule has 0 aromatic carbocycles. The largest absolute Gasteiger partial charge is 0.301 e. The highest BCUT2D eigenvalue weighted by atomic mass is 19.1. The van der Waals surface area contributed by atoms with Crippen LogP contribution < -0.4 is 10.6 Å². The van der Waals surface area contributed by atoms with Gasteiger partial charge in [0, 0.05) is 13.1 Å². The molecule has 0 aromatic heterocycles. The van der Waals surface area contributed by atoms with Gasteiger partial charge in [-0.05, 0) is 37.5 Å². The van der Waals surface area contributed by atoms with Gasteiger partial charge in [-0.1, -0.05) is 6.92 Å². The summed E-state index contributed by atoms with van der Waals surface area (Å²) in [6.07, 6.45) is 3.52. The Morgan fingerprint density at radius 2 is 1.57 bits per heavy atom. The third-order valence-electron chi connectivity index (χ3n) is 3.55. The summed E-state index contributed by atoms with van der Waals surface area (Å²) >= 11 is 0. The summed E-state index contributed by atoms with van der Waals surface area (Å²) in [7, 11) is 0. The first kappa shape index (κ1) is 10.4. The average molecular weight is 200 g/mol. The molecule has 0 amide bonds. The third-order valence-corrected chi connectivity index (χ3v) is 3.55. The zero-order chi connectivity index (χ0) is 9.97. The SMILES string of the molecule is CC1CNC(C2CCC(F)CC2)NC1. The fourth-order valence-corrected chi connectivity index (χ4v) is 2.55. The van der Waals surface area contributed by atoms with Crippen LogP contribution in [0, 0.1) is 11.8 Å². The maximum absolute atomic E-state index is 12.9. The zero-order valence-corrected chi connectivity index (χ0v) is 8.93. The van der Waals surface area contributed by atoms with Gasteiger partial charge in [-0.25, -0.2) is 4.39 Å². The number of hydrogen-bond acceptors (Lipinski definition) is 2. The summed E-state index contributed by atoms with van der Waals surface area (Å²) in [5.41, 5.74) is 0. The van der Waals surface area contributed by atoms with Gasteiger partial charge in [-0.15, -0.1) is 0 Å². The van der Waals surface area contributed by atoms with E-state index in [1.807, 2.05) is 0 Å². The molecule has 1 saturated carbocycles. The van der Waals surface area contributed by atoms with Gasteiger partial charge in [-0.2, -0.15) is 0 Å². The van der Waals surface area contributed by atoms with E-state index in [2.05, 4.69) is 17.6 Å². The second-order valence-electron chi connectivity index (χ2n) is 4.91. The summed E-state index contributed by atoms with van der Waals surface area (Å²) in [5.74, 6) is 1.37. The standard InChI is InChI=1S/C11H21FN2/c1-8-6-13-11(14-7-8)9-2-4-10(12)5-3-9/h8-11,13-14H,2-7H2,1H3. The minimum Gasteiger partial charge on any atom is -0.301 e. The second kappa shape index (κ2) is 4.58. The van der Waals surface area contributed by atoms with Crippen LogP contribution in [-0.4, -0.2) is 25.4 Å². The predicted octanol–water partition coefficient (Wildman–Crippen LogP) is 1.67. The van der Waals surface area contributed by atoms with Gasteiger partial charge in [0.25, 0.3) is 0 Å². The van der Waals surface area contributed by atoms with Crippen molar-refractivity contribution in [3.8, 4) is 0 Å². The molecule has 2 fully saturated rings. The van der Waals surface area contributed by atoms with Gasteiger partial charge < -0.3 is 10.6 Å². The van der Waals surface area contributed by atoms with Gasteiger partial charge in [0.1, 0.15) is 6.17 Å². The van der Waals surface area contributed by atoms with Crippen LogP contribution >= 0.6 is 0 Å². The average Bonchev–Trinajstić information content (AvgIpc) is 2.21. The first-order valence-corrected chi connectivity index (χ1v) is 5.86.